The Balaban J connectivity index is 1.85. The number of carbonyl (C=O) groups excluding carboxylic acids is 4. The topological polar surface area (TPSA) is 184 Å². The molecule has 4 rings (SSSR count). The lowest BCUT2D eigenvalue weighted by Crippen LogP contribution is -2.69. The molecule has 4 amide bonds. The van der Waals surface area contributed by atoms with Crippen LogP contribution in [0.1, 0.15) is 109 Å². The van der Waals surface area contributed by atoms with E-state index in [2.05, 4.69) is 15.6 Å². The number of aliphatic hydroxyl groups excluding tert-OH is 2. The van der Waals surface area contributed by atoms with Crippen LogP contribution in [0.2, 0.25) is 0 Å². The van der Waals surface area contributed by atoms with Gasteiger partial charge in [0, 0.05) is 25.2 Å². The molecule has 0 saturated heterocycles. The van der Waals surface area contributed by atoms with Gasteiger partial charge in [0.25, 0.3) is 0 Å². The van der Waals surface area contributed by atoms with E-state index in [1.165, 1.54) is 6.92 Å². The lowest BCUT2D eigenvalue weighted by Gasteiger charge is -2.47. The van der Waals surface area contributed by atoms with Crippen LogP contribution in [-0.2, 0) is 25.6 Å². The van der Waals surface area contributed by atoms with Gasteiger partial charge in [0.2, 0.25) is 23.6 Å². The molecule has 302 valence electrons. The van der Waals surface area contributed by atoms with Gasteiger partial charge in [0.1, 0.15) is 11.3 Å². The predicted octanol–water partition coefficient (Wildman–Crippen LogP) is 4.28. The Morgan fingerprint density at radius 1 is 1.04 bits per heavy atom. The number of benzene rings is 2. The van der Waals surface area contributed by atoms with Crippen molar-refractivity contribution in [3.8, 4) is 5.75 Å². The summed E-state index contributed by atoms with van der Waals surface area (Å²) in [6.07, 6.45) is 5.91. The van der Waals surface area contributed by atoms with Crippen molar-refractivity contribution in [2.45, 2.75) is 122 Å². The van der Waals surface area contributed by atoms with Crippen LogP contribution in [-0.4, -0.2) is 95.0 Å². The number of hydrogen-bond donors (Lipinski definition) is 5. The van der Waals surface area contributed by atoms with E-state index in [0.29, 0.717) is 29.8 Å². The molecule has 1 aliphatic carbocycles. The molecule has 0 aromatic heterocycles. The van der Waals surface area contributed by atoms with Gasteiger partial charge in [0.15, 0.2) is 0 Å². The Kier molecular flexibility index (Phi) is 16.4. The van der Waals surface area contributed by atoms with Crippen LogP contribution in [0, 0.1) is 17.8 Å². The molecule has 6 N–H and O–H groups in total. The Hall–Kier alpha value is -4.13. The standard InChI is InChI=1S/C43H63N5O7/c1-28(2)24-43(35-27-55-39-17-16-33(20-34(35)39)26-45-18-19-49,48(30(5)50)41(53)36(44)21-31-12-8-6-9-13-31)42(54)47-37(22-32-14-10-7-11-15-32)38(51)23-40(52)46-25-29(3)4/h6,8-9,12-13,16-17,20,26,28-29,32,35-38,49,51H,7,10-11,14-15,18-19,21-25,27,44H2,1-5H3,(H,46,52)(H,47,54)/t35?,36-,37-,38-,43-/m0/s1. The minimum Gasteiger partial charge on any atom is -0.493 e. The van der Waals surface area contributed by atoms with E-state index in [0.717, 1.165) is 42.6 Å². The van der Waals surface area contributed by atoms with Crippen molar-refractivity contribution in [1.29, 1.82) is 0 Å². The Morgan fingerprint density at radius 3 is 2.38 bits per heavy atom. The molecule has 1 heterocycles. The van der Waals surface area contributed by atoms with Crippen LogP contribution in [0.4, 0.5) is 0 Å². The maximum absolute atomic E-state index is 15.6. The second kappa shape index (κ2) is 20.7. The van der Waals surface area contributed by atoms with Gasteiger partial charge >= 0.3 is 0 Å². The smallest absolute Gasteiger partial charge is 0.247 e. The van der Waals surface area contributed by atoms with Gasteiger partial charge in [-0.1, -0.05) is 90.1 Å². The number of amides is 4. The first-order valence-corrected chi connectivity index (χ1v) is 20.0. The summed E-state index contributed by atoms with van der Waals surface area (Å²) in [5, 5.41) is 27.1. The number of nitrogens with zero attached hydrogens (tertiary/aromatic N) is 2. The summed E-state index contributed by atoms with van der Waals surface area (Å²) in [4.78, 5) is 62.8. The second-order valence-electron chi connectivity index (χ2n) is 16.2. The first kappa shape index (κ1) is 43.6. The molecule has 1 aliphatic heterocycles. The Bertz CT molecular complexity index is 1610. The zero-order chi connectivity index (χ0) is 40.1. The van der Waals surface area contributed by atoms with Gasteiger partial charge in [-0.2, -0.15) is 0 Å². The fourth-order valence-electron chi connectivity index (χ4n) is 8.16. The second-order valence-corrected chi connectivity index (χ2v) is 16.2. The fraction of sp³-hybridized carbons (Fsp3) is 0.605. The molecular weight excluding hydrogens is 699 g/mol. The van der Waals surface area contributed by atoms with Crippen LogP contribution in [0.3, 0.4) is 0 Å². The molecule has 55 heavy (non-hydrogen) atoms. The minimum atomic E-state index is -1.85. The van der Waals surface area contributed by atoms with Crippen molar-refractivity contribution < 1.29 is 34.1 Å². The highest BCUT2D eigenvalue weighted by molar-refractivity contribution is 6.04. The number of nitrogens with two attached hydrogens (primary N) is 1. The number of fused-ring (bicyclic) bond motifs is 1. The molecule has 1 fully saturated rings. The summed E-state index contributed by atoms with van der Waals surface area (Å²) in [6.45, 7) is 9.65. The van der Waals surface area contributed by atoms with Crippen LogP contribution in [0.25, 0.3) is 0 Å². The highest BCUT2D eigenvalue weighted by Crippen LogP contribution is 2.47. The van der Waals surface area contributed by atoms with E-state index >= 15 is 4.79 Å². The van der Waals surface area contributed by atoms with Crippen LogP contribution in [0.5, 0.6) is 5.75 Å². The van der Waals surface area contributed by atoms with E-state index in [9.17, 15) is 24.6 Å². The molecule has 5 atom stereocenters. The summed E-state index contributed by atoms with van der Waals surface area (Å²) in [6, 6.07) is 12.7. The van der Waals surface area contributed by atoms with E-state index in [4.69, 9.17) is 10.5 Å². The third-order valence-corrected chi connectivity index (χ3v) is 10.7. The molecule has 12 nitrogen and oxygen atoms in total. The molecule has 0 radical (unpaired) electrons. The predicted molar refractivity (Wildman–Crippen MR) is 214 cm³/mol. The summed E-state index contributed by atoms with van der Waals surface area (Å²) >= 11 is 0. The highest BCUT2D eigenvalue weighted by atomic mass is 16.5. The van der Waals surface area contributed by atoms with E-state index in [-0.39, 0.29) is 62.7 Å². The SMILES string of the molecule is CC(=O)N(C(=O)[C@@H](N)Cc1ccccc1)[C@](CC(C)C)(C(=O)N[C@@H](CC1CCCCC1)[C@@H](O)CC(=O)NCC(C)C)C1COc2ccc(C=NCCO)cc21. The molecular formula is C43H63N5O7. The minimum absolute atomic E-state index is 0.00878. The summed E-state index contributed by atoms with van der Waals surface area (Å²) in [5.74, 6) is -2.35. The average molecular weight is 762 g/mol. The van der Waals surface area contributed by atoms with Crippen molar-refractivity contribution in [2.24, 2.45) is 28.5 Å². The number of imide groups is 1. The fourth-order valence-corrected chi connectivity index (χ4v) is 8.16. The third-order valence-electron chi connectivity index (χ3n) is 10.7. The first-order chi connectivity index (χ1) is 26.3. The molecule has 2 aliphatic rings. The quantitative estimate of drug-likeness (QED) is 0.132. The molecule has 2 aromatic carbocycles. The van der Waals surface area contributed by atoms with Gasteiger partial charge in [0.05, 0.1) is 50.3 Å². The van der Waals surface area contributed by atoms with Gasteiger partial charge in [-0.05, 0) is 66.3 Å². The summed E-state index contributed by atoms with van der Waals surface area (Å²) < 4.78 is 6.22. The molecule has 1 unspecified atom stereocenters. The Labute approximate surface area is 326 Å². The number of nitrogens with one attached hydrogen (secondary N) is 2. The first-order valence-electron chi connectivity index (χ1n) is 20.0. The number of hydrogen-bond acceptors (Lipinski definition) is 9. The lowest BCUT2D eigenvalue weighted by molar-refractivity contribution is -0.162. The summed E-state index contributed by atoms with van der Waals surface area (Å²) in [5.41, 5.74) is 6.93. The van der Waals surface area contributed by atoms with Crippen molar-refractivity contribution in [3.05, 3.63) is 65.2 Å². The molecule has 12 heteroatoms. The number of aliphatic imine (C=N–C) groups is 1. The van der Waals surface area contributed by atoms with Crippen molar-refractivity contribution in [2.75, 3.05) is 26.3 Å². The maximum atomic E-state index is 15.6. The Morgan fingerprint density at radius 2 is 1.75 bits per heavy atom. The lowest BCUT2D eigenvalue weighted by atomic mass is 9.72. The van der Waals surface area contributed by atoms with Crippen molar-refractivity contribution in [1.82, 2.24) is 15.5 Å². The number of aliphatic hydroxyl groups is 2. The van der Waals surface area contributed by atoms with Gasteiger partial charge < -0.3 is 31.3 Å². The number of carbonyl (C=O) groups is 4. The van der Waals surface area contributed by atoms with Crippen LogP contribution >= 0.6 is 0 Å². The number of rotatable bonds is 19. The molecule has 0 bridgehead atoms. The maximum Gasteiger partial charge on any atom is 0.247 e. The monoisotopic (exact) mass is 761 g/mol. The molecule has 1 saturated carbocycles. The van der Waals surface area contributed by atoms with Crippen LogP contribution in [0.15, 0.2) is 53.5 Å². The zero-order valence-corrected chi connectivity index (χ0v) is 33.3. The molecule has 2 aromatic rings. The highest BCUT2D eigenvalue weighted by Gasteiger charge is 2.58. The van der Waals surface area contributed by atoms with Gasteiger partial charge in [-0.15, -0.1) is 0 Å². The normalized spacial score (nSPS) is 18.6. The molecule has 0 spiro atoms. The zero-order valence-electron chi connectivity index (χ0n) is 33.3. The van der Waals surface area contributed by atoms with E-state index in [1.807, 2.05) is 70.2 Å². The van der Waals surface area contributed by atoms with Gasteiger partial charge in [-0.3, -0.25) is 29.1 Å². The van der Waals surface area contributed by atoms with E-state index in [1.54, 1.807) is 12.3 Å². The summed E-state index contributed by atoms with van der Waals surface area (Å²) in [7, 11) is 0. The van der Waals surface area contributed by atoms with Crippen molar-refractivity contribution >= 4 is 29.8 Å². The largest absolute Gasteiger partial charge is 0.493 e. The van der Waals surface area contributed by atoms with Crippen molar-refractivity contribution in [3.63, 3.8) is 0 Å². The van der Waals surface area contributed by atoms with E-state index < -0.39 is 47.4 Å². The number of ether oxygens (including phenoxy) is 1. The van der Waals surface area contributed by atoms with Crippen LogP contribution < -0.4 is 21.1 Å². The third kappa shape index (κ3) is 11.7. The van der Waals surface area contributed by atoms with Gasteiger partial charge in [-0.25, -0.2) is 0 Å². The average Bonchev–Trinajstić information content (AvgIpc) is 3.57.